The summed E-state index contributed by atoms with van der Waals surface area (Å²) in [6.45, 7) is 4.99. The van der Waals surface area contributed by atoms with E-state index in [1.807, 2.05) is 0 Å². The van der Waals surface area contributed by atoms with Crippen LogP contribution in [0.4, 0.5) is 4.39 Å². The Bertz CT molecular complexity index is 163. The SMILES string of the molecule is C=C/C(OC)=C(\F)C(C)OC. The van der Waals surface area contributed by atoms with Gasteiger partial charge in [0.15, 0.2) is 11.6 Å². The van der Waals surface area contributed by atoms with Gasteiger partial charge in [-0.1, -0.05) is 6.58 Å². The summed E-state index contributed by atoms with van der Waals surface area (Å²) in [7, 11) is 2.82. The van der Waals surface area contributed by atoms with Crippen LogP contribution in [-0.2, 0) is 9.47 Å². The minimum absolute atomic E-state index is 0.124. The number of hydrogen-bond acceptors (Lipinski definition) is 2. The third-order valence-corrected chi connectivity index (χ3v) is 1.35. The van der Waals surface area contributed by atoms with Gasteiger partial charge in [0.05, 0.1) is 7.11 Å². The molecule has 0 aliphatic carbocycles. The van der Waals surface area contributed by atoms with E-state index in [0.717, 1.165) is 0 Å². The standard InChI is InChI=1S/C8H13FO2/c1-5-7(11-4)8(9)6(2)10-3/h5-6H,1H2,2-4H3/b8-7+. The van der Waals surface area contributed by atoms with E-state index in [2.05, 4.69) is 6.58 Å². The predicted octanol–water partition coefficient (Wildman–Crippen LogP) is 2.03. The third-order valence-electron chi connectivity index (χ3n) is 1.35. The average Bonchev–Trinajstić information content (AvgIpc) is 2.05. The number of methoxy groups -OCH3 is 2. The monoisotopic (exact) mass is 160 g/mol. The first kappa shape index (κ1) is 10.2. The van der Waals surface area contributed by atoms with Gasteiger partial charge in [0, 0.05) is 7.11 Å². The molecule has 3 heteroatoms. The van der Waals surface area contributed by atoms with Crippen molar-refractivity contribution in [3.8, 4) is 0 Å². The van der Waals surface area contributed by atoms with Crippen LogP contribution in [0.1, 0.15) is 6.92 Å². The molecule has 64 valence electrons. The van der Waals surface area contributed by atoms with E-state index in [1.165, 1.54) is 20.3 Å². The first-order valence-electron chi connectivity index (χ1n) is 3.26. The number of hydrogen-bond donors (Lipinski definition) is 0. The molecule has 0 spiro atoms. The van der Waals surface area contributed by atoms with Crippen molar-refractivity contribution >= 4 is 0 Å². The lowest BCUT2D eigenvalue weighted by atomic mass is 10.3. The minimum atomic E-state index is -0.581. The second-order valence-electron chi connectivity index (χ2n) is 2.00. The summed E-state index contributed by atoms with van der Waals surface area (Å²) in [5, 5.41) is 0. The Balaban J connectivity index is 4.45. The summed E-state index contributed by atoms with van der Waals surface area (Å²) in [5.41, 5.74) is 0. The normalized spacial score (nSPS) is 15.3. The Morgan fingerprint density at radius 2 is 2.09 bits per heavy atom. The van der Waals surface area contributed by atoms with Gasteiger partial charge in [-0.25, -0.2) is 4.39 Å². The molecule has 11 heavy (non-hydrogen) atoms. The highest BCUT2D eigenvalue weighted by atomic mass is 19.1. The molecule has 0 amide bonds. The molecule has 0 rings (SSSR count). The van der Waals surface area contributed by atoms with Crippen molar-refractivity contribution in [3.05, 3.63) is 24.2 Å². The molecular weight excluding hydrogens is 147 g/mol. The van der Waals surface area contributed by atoms with E-state index >= 15 is 0 Å². The van der Waals surface area contributed by atoms with Crippen LogP contribution in [-0.4, -0.2) is 20.3 Å². The Kier molecular flexibility index (Phi) is 4.54. The zero-order chi connectivity index (χ0) is 8.85. The van der Waals surface area contributed by atoms with E-state index in [9.17, 15) is 4.39 Å². The van der Waals surface area contributed by atoms with E-state index in [-0.39, 0.29) is 5.76 Å². The molecule has 2 nitrogen and oxygen atoms in total. The fraction of sp³-hybridized carbons (Fsp3) is 0.500. The summed E-state index contributed by atoms with van der Waals surface area (Å²) in [6, 6.07) is 0. The molecule has 0 aromatic rings. The van der Waals surface area contributed by atoms with Crippen molar-refractivity contribution in [1.82, 2.24) is 0 Å². The molecule has 0 saturated heterocycles. The van der Waals surface area contributed by atoms with E-state index in [0.29, 0.717) is 0 Å². The van der Waals surface area contributed by atoms with Gasteiger partial charge in [-0.2, -0.15) is 0 Å². The lowest BCUT2D eigenvalue weighted by Crippen LogP contribution is -2.07. The Hall–Kier alpha value is -0.830. The topological polar surface area (TPSA) is 18.5 Å². The van der Waals surface area contributed by atoms with Gasteiger partial charge in [0.25, 0.3) is 0 Å². The molecule has 0 aliphatic rings. The van der Waals surface area contributed by atoms with E-state index < -0.39 is 11.9 Å². The van der Waals surface area contributed by atoms with Gasteiger partial charge < -0.3 is 9.47 Å². The van der Waals surface area contributed by atoms with Crippen molar-refractivity contribution in [1.29, 1.82) is 0 Å². The van der Waals surface area contributed by atoms with Gasteiger partial charge >= 0.3 is 0 Å². The summed E-state index contributed by atoms with van der Waals surface area (Å²) < 4.78 is 22.4. The Morgan fingerprint density at radius 1 is 1.55 bits per heavy atom. The maximum Gasteiger partial charge on any atom is 0.170 e. The molecule has 0 fully saturated rings. The molecule has 0 aromatic carbocycles. The molecule has 0 saturated carbocycles. The first-order chi connectivity index (χ1) is 5.17. The molecule has 0 bridgehead atoms. The number of halogens is 1. The molecule has 0 heterocycles. The highest BCUT2D eigenvalue weighted by molar-refractivity contribution is 5.15. The number of ether oxygens (including phenoxy) is 2. The Morgan fingerprint density at radius 3 is 2.36 bits per heavy atom. The van der Waals surface area contributed by atoms with Gasteiger partial charge in [-0.3, -0.25) is 0 Å². The largest absolute Gasteiger partial charge is 0.494 e. The second kappa shape index (κ2) is 4.91. The van der Waals surface area contributed by atoms with Crippen LogP contribution in [0.25, 0.3) is 0 Å². The smallest absolute Gasteiger partial charge is 0.170 e. The van der Waals surface area contributed by atoms with Crippen molar-refractivity contribution in [2.24, 2.45) is 0 Å². The number of allylic oxidation sites excluding steroid dienone is 1. The lowest BCUT2D eigenvalue weighted by molar-refractivity contribution is 0.118. The molecule has 0 radical (unpaired) electrons. The zero-order valence-electron chi connectivity index (χ0n) is 7.06. The van der Waals surface area contributed by atoms with Crippen LogP contribution >= 0.6 is 0 Å². The number of rotatable bonds is 4. The molecule has 0 N–H and O–H groups in total. The average molecular weight is 160 g/mol. The highest BCUT2D eigenvalue weighted by Crippen LogP contribution is 2.14. The van der Waals surface area contributed by atoms with Crippen molar-refractivity contribution < 1.29 is 13.9 Å². The van der Waals surface area contributed by atoms with Crippen LogP contribution in [0.5, 0.6) is 0 Å². The van der Waals surface area contributed by atoms with Gasteiger partial charge in [-0.15, -0.1) is 0 Å². The fourth-order valence-corrected chi connectivity index (χ4v) is 0.582. The molecule has 0 aromatic heterocycles. The fourth-order valence-electron chi connectivity index (χ4n) is 0.582. The molecule has 0 aliphatic heterocycles. The van der Waals surface area contributed by atoms with Crippen LogP contribution < -0.4 is 0 Å². The highest BCUT2D eigenvalue weighted by Gasteiger charge is 2.11. The quantitative estimate of drug-likeness (QED) is 0.462. The van der Waals surface area contributed by atoms with Crippen LogP contribution in [0, 0.1) is 0 Å². The van der Waals surface area contributed by atoms with Crippen LogP contribution in [0.15, 0.2) is 24.2 Å². The summed E-state index contributed by atoms with van der Waals surface area (Å²) in [6.07, 6.45) is 0.730. The van der Waals surface area contributed by atoms with Crippen LogP contribution in [0.3, 0.4) is 0 Å². The van der Waals surface area contributed by atoms with Gasteiger partial charge in [0.1, 0.15) is 6.10 Å². The maximum atomic E-state index is 13.0. The molecule has 1 unspecified atom stereocenters. The maximum absolute atomic E-state index is 13.0. The van der Waals surface area contributed by atoms with Crippen LogP contribution in [0.2, 0.25) is 0 Å². The Labute approximate surface area is 66.3 Å². The van der Waals surface area contributed by atoms with Crippen molar-refractivity contribution in [2.75, 3.05) is 14.2 Å². The van der Waals surface area contributed by atoms with Crippen molar-refractivity contribution in [3.63, 3.8) is 0 Å². The summed E-state index contributed by atoms with van der Waals surface area (Å²) in [4.78, 5) is 0. The second-order valence-corrected chi connectivity index (χ2v) is 2.00. The summed E-state index contributed by atoms with van der Waals surface area (Å²) in [5.74, 6) is -0.315. The predicted molar refractivity (Wildman–Crippen MR) is 41.8 cm³/mol. The van der Waals surface area contributed by atoms with Gasteiger partial charge in [-0.05, 0) is 13.0 Å². The minimum Gasteiger partial charge on any atom is -0.494 e. The van der Waals surface area contributed by atoms with Crippen molar-refractivity contribution in [2.45, 2.75) is 13.0 Å². The third kappa shape index (κ3) is 2.72. The van der Waals surface area contributed by atoms with E-state index in [1.54, 1.807) is 6.92 Å². The van der Waals surface area contributed by atoms with E-state index in [4.69, 9.17) is 9.47 Å². The zero-order valence-corrected chi connectivity index (χ0v) is 7.06. The first-order valence-corrected chi connectivity index (χ1v) is 3.26. The lowest BCUT2D eigenvalue weighted by Gasteiger charge is -2.09. The molecular formula is C8H13FO2. The van der Waals surface area contributed by atoms with Gasteiger partial charge in [0.2, 0.25) is 0 Å². The molecule has 1 atom stereocenters. The summed E-state index contributed by atoms with van der Waals surface area (Å²) >= 11 is 0.